The molecule has 2 fully saturated rings. The number of hydrogen-bond donors (Lipinski definition) is 2. The highest BCUT2D eigenvalue weighted by atomic mass is 19.3. The van der Waals surface area contributed by atoms with Crippen LogP contribution >= 0.6 is 0 Å². The molecule has 0 aromatic heterocycles. The van der Waals surface area contributed by atoms with Crippen LogP contribution in [-0.4, -0.2) is 49.3 Å². The van der Waals surface area contributed by atoms with Crippen molar-refractivity contribution in [3.8, 4) is 11.1 Å². The van der Waals surface area contributed by atoms with Gasteiger partial charge in [-0.3, -0.25) is 4.79 Å². The van der Waals surface area contributed by atoms with Crippen molar-refractivity contribution in [2.45, 2.75) is 62.4 Å². The van der Waals surface area contributed by atoms with E-state index in [2.05, 4.69) is 10.6 Å². The van der Waals surface area contributed by atoms with Crippen molar-refractivity contribution in [3.63, 3.8) is 0 Å². The second kappa shape index (κ2) is 10.6. The van der Waals surface area contributed by atoms with Crippen LogP contribution in [0.5, 0.6) is 0 Å². The number of hydrogen-bond acceptors (Lipinski definition) is 3. The molecule has 2 N–H and O–H groups in total. The summed E-state index contributed by atoms with van der Waals surface area (Å²) in [4.78, 5) is 12.7. The monoisotopic (exact) mass is 500 g/mol. The Bertz CT molecular complexity index is 1050. The zero-order chi connectivity index (χ0) is 25.2. The van der Waals surface area contributed by atoms with Crippen LogP contribution in [-0.2, 0) is 16.0 Å². The number of carbonyl (C=O) groups is 1. The van der Waals surface area contributed by atoms with Gasteiger partial charge in [-0.2, -0.15) is 0 Å². The molecule has 35 heavy (non-hydrogen) atoms. The first kappa shape index (κ1) is 25.5. The van der Waals surface area contributed by atoms with E-state index < -0.39 is 66.5 Å². The summed E-state index contributed by atoms with van der Waals surface area (Å²) < 4.78 is 91.7. The second-order valence-corrected chi connectivity index (χ2v) is 9.03. The average Bonchev–Trinajstić information content (AvgIpc) is 2.78. The average molecular weight is 500 g/mol. The van der Waals surface area contributed by atoms with Crippen LogP contribution in [0.3, 0.4) is 0 Å². The topological polar surface area (TPSA) is 50.4 Å². The molecule has 1 saturated heterocycles. The van der Waals surface area contributed by atoms with Crippen molar-refractivity contribution in [3.05, 3.63) is 59.4 Å². The number of benzene rings is 2. The van der Waals surface area contributed by atoms with Crippen molar-refractivity contribution in [2.24, 2.45) is 0 Å². The van der Waals surface area contributed by atoms with Gasteiger partial charge in [0.05, 0.1) is 18.6 Å². The van der Waals surface area contributed by atoms with Gasteiger partial charge in [-0.05, 0) is 49.1 Å². The standard InChI is InChI=1S/C25H26F6N2O2/c26-16-9-15(10-17(27)12-16)18-4-1-3-14(23(18)29)11-22(34)33-24-21(5-2-7-25(24,30)31)35-20-6-8-32-13-19(20)28/h1,3-4,9-10,12,19-21,24,32H,2,5-8,11,13H2,(H,33,34)/t19-,20+,21+,24-/m1/s1. The van der Waals surface area contributed by atoms with Gasteiger partial charge in [0, 0.05) is 24.6 Å². The summed E-state index contributed by atoms with van der Waals surface area (Å²) in [6.07, 6.45) is -3.61. The molecule has 0 radical (unpaired) electrons. The second-order valence-electron chi connectivity index (χ2n) is 9.03. The molecule has 2 aliphatic rings. The molecule has 1 amide bonds. The summed E-state index contributed by atoms with van der Waals surface area (Å²) in [6.45, 7) is 0.561. The number of nitrogens with one attached hydrogen (secondary N) is 2. The third-order valence-electron chi connectivity index (χ3n) is 6.44. The van der Waals surface area contributed by atoms with E-state index in [4.69, 9.17) is 4.74 Å². The van der Waals surface area contributed by atoms with Gasteiger partial charge in [-0.1, -0.05) is 18.2 Å². The van der Waals surface area contributed by atoms with Gasteiger partial charge in [-0.15, -0.1) is 0 Å². The van der Waals surface area contributed by atoms with Crippen molar-refractivity contribution in [1.82, 2.24) is 10.6 Å². The van der Waals surface area contributed by atoms with E-state index in [1.165, 1.54) is 18.2 Å². The zero-order valence-corrected chi connectivity index (χ0v) is 18.8. The number of amides is 1. The van der Waals surface area contributed by atoms with Crippen molar-refractivity contribution < 1.29 is 35.9 Å². The molecule has 190 valence electrons. The lowest BCUT2D eigenvalue weighted by Crippen LogP contribution is -2.59. The summed E-state index contributed by atoms with van der Waals surface area (Å²) in [5, 5.41) is 5.14. The SMILES string of the molecule is O=C(Cc1cccc(-c2cc(F)cc(F)c2)c1F)N[C@@H]1[C@@H](O[C@H]2CCNC[C@H]2F)CCCC1(F)F. The molecule has 1 saturated carbocycles. The van der Waals surface area contributed by atoms with Crippen molar-refractivity contribution in [2.75, 3.05) is 13.1 Å². The van der Waals surface area contributed by atoms with Crippen LogP contribution < -0.4 is 10.6 Å². The molecular weight excluding hydrogens is 474 g/mol. The van der Waals surface area contributed by atoms with E-state index in [0.717, 1.165) is 12.1 Å². The third-order valence-corrected chi connectivity index (χ3v) is 6.44. The van der Waals surface area contributed by atoms with Gasteiger partial charge in [0.25, 0.3) is 5.92 Å². The molecule has 0 unspecified atom stereocenters. The van der Waals surface area contributed by atoms with Crippen molar-refractivity contribution in [1.29, 1.82) is 0 Å². The molecule has 1 aliphatic carbocycles. The molecular formula is C25H26F6N2O2. The lowest BCUT2D eigenvalue weighted by Gasteiger charge is -2.41. The van der Waals surface area contributed by atoms with E-state index in [0.29, 0.717) is 19.0 Å². The fourth-order valence-corrected chi connectivity index (χ4v) is 4.70. The first-order valence-corrected chi connectivity index (χ1v) is 11.6. The molecule has 1 aliphatic heterocycles. The maximum Gasteiger partial charge on any atom is 0.270 e. The summed E-state index contributed by atoms with van der Waals surface area (Å²) in [6, 6.07) is 4.87. The van der Waals surface area contributed by atoms with Crippen LogP contribution in [0.1, 0.15) is 31.2 Å². The Morgan fingerprint density at radius 1 is 1.09 bits per heavy atom. The summed E-state index contributed by atoms with van der Waals surface area (Å²) >= 11 is 0. The minimum atomic E-state index is -3.28. The quantitative estimate of drug-likeness (QED) is 0.566. The molecule has 10 heteroatoms. The van der Waals surface area contributed by atoms with E-state index >= 15 is 4.39 Å². The lowest BCUT2D eigenvalue weighted by atomic mass is 9.88. The predicted molar refractivity (Wildman–Crippen MR) is 117 cm³/mol. The number of halogens is 6. The summed E-state index contributed by atoms with van der Waals surface area (Å²) in [7, 11) is 0. The van der Waals surface area contributed by atoms with Crippen molar-refractivity contribution >= 4 is 5.91 Å². The Hall–Kier alpha value is -2.59. The number of ether oxygens (including phenoxy) is 1. The Kier molecular flexibility index (Phi) is 7.70. The minimum absolute atomic E-state index is 0.0581. The fourth-order valence-electron chi connectivity index (χ4n) is 4.70. The number of alkyl halides is 3. The molecule has 4 atom stereocenters. The smallest absolute Gasteiger partial charge is 0.270 e. The molecule has 2 aromatic carbocycles. The van der Waals surface area contributed by atoms with Gasteiger partial charge in [-0.25, -0.2) is 26.3 Å². The maximum atomic E-state index is 15.1. The zero-order valence-electron chi connectivity index (χ0n) is 18.8. The van der Waals surface area contributed by atoms with Gasteiger partial charge >= 0.3 is 0 Å². The number of rotatable bonds is 6. The van der Waals surface area contributed by atoms with Gasteiger partial charge < -0.3 is 15.4 Å². The highest BCUT2D eigenvalue weighted by molar-refractivity contribution is 5.80. The van der Waals surface area contributed by atoms with Crippen LogP contribution in [0.25, 0.3) is 11.1 Å². The highest BCUT2D eigenvalue weighted by Crippen LogP contribution is 2.36. The van der Waals surface area contributed by atoms with Gasteiger partial charge in [0.1, 0.15) is 29.7 Å². The Balaban J connectivity index is 1.50. The molecule has 1 heterocycles. The highest BCUT2D eigenvalue weighted by Gasteiger charge is 2.49. The number of piperidine rings is 1. The van der Waals surface area contributed by atoms with Crippen LogP contribution in [0, 0.1) is 17.5 Å². The molecule has 0 spiro atoms. The van der Waals surface area contributed by atoms with Crippen LogP contribution in [0.15, 0.2) is 36.4 Å². The van der Waals surface area contributed by atoms with Crippen LogP contribution in [0.4, 0.5) is 26.3 Å². The summed E-state index contributed by atoms with van der Waals surface area (Å²) in [5.41, 5.74) is -0.307. The number of carbonyl (C=O) groups excluding carboxylic acids is 1. The van der Waals surface area contributed by atoms with Crippen LogP contribution in [0.2, 0.25) is 0 Å². The largest absolute Gasteiger partial charge is 0.369 e. The fraction of sp³-hybridized carbons (Fsp3) is 0.480. The lowest BCUT2D eigenvalue weighted by molar-refractivity contribution is -0.162. The van der Waals surface area contributed by atoms with Gasteiger partial charge in [0.2, 0.25) is 5.91 Å². The normalized spacial score (nSPS) is 26.3. The molecule has 0 bridgehead atoms. The molecule has 2 aromatic rings. The predicted octanol–water partition coefficient (Wildman–Crippen LogP) is 4.70. The minimum Gasteiger partial charge on any atom is -0.369 e. The van der Waals surface area contributed by atoms with E-state index in [1.807, 2.05) is 0 Å². The first-order valence-electron chi connectivity index (χ1n) is 11.6. The van der Waals surface area contributed by atoms with E-state index in [1.54, 1.807) is 0 Å². The van der Waals surface area contributed by atoms with E-state index in [9.17, 15) is 26.7 Å². The Morgan fingerprint density at radius 3 is 2.54 bits per heavy atom. The van der Waals surface area contributed by atoms with Gasteiger partial charge in [0.15, 0.2) is 0 Å². The molecule has 4 rings (SSSR count). The summed E-state index contributed by atoms with van der Waals surface area (Å²) in [5.74, 6) is -6.81. The first-order chi connectivity index (χ1) is 16.6. The van der Waals surface area contributed by atoms with E-state index in [-0.39, 0.29) is 36.1 Å². The Labute approximate surface area is 199 Å². The Morgan fingerprint density at radius 2 is 1.83 bits per heavy atom. The molecule has 4 nitrogen and oxygen atoms in total. The third kappa shape index (κ3) is 5.98. The maximum absolute atomic E-state index is 15.1.